The number of fused-ring (bicyclic) bond motifs is 5. The average Bonchev–Trinajstić information content (AvgIpc) is 3.29. The minimum Gasteiger partial charge on any atom is -0.505 e. The molecule has 2 nitrogen and oxygen atoms in total. The van der Waals surface area contributed by atoms with Gasteiger partial charge in [0.2, 0.25) is 0 Å². The van der Waals surface area contributed by atoms with E-state index in [4.69, 9.17) is 5.11 Å². The summed E-state index contributed by atoms with van der Waals surface area (Å²) in [7, 11) is 0. The van der Waals surface area contributed by atoms with Crippen LogP contribution in [0.1, 0.15) is 29.0 Å². The van der Waals surface area contributed by atoms with Gasteiger partial charge < -0.3 is 9.52 Å². The van der Waals surface area contributed by atoms with Crippen molar-refractivity contribution in [1.29, 1.82) is 0 Å². The number of rotatable bonds is 1. The molecule has 0 bridgehead atoms. The van der Waals surface area contributed by atoms with Gasteiger partial charge in [-0.25, -0.2) is 8.78 Å². The molecule has 6 rings (SSSR count). The van der Waals surface area contributed by atoms with Gasteiger partial charge in [-0.05, 0) is 75.5 Å². The van der Waals surface area contributed by atoms with Gasteiger partial charge in [0.15, 0.2) is 5.75 Å². The van der Waals surface area contributed by atoms with Crippen LogP contribution in [0.25, 0.3) is 21.5 Å². The van der Waals surface area contributed by atoms with Gasteiger partial charge in [-0.1, -0.05) is 48.5 Å². The molecule has 0 radical (unpaired) electrons. The molecule has 1 atom stereocenters. The summed E-state index contributed by atoms with van der Waals surface area (Å²) in [6.07, 6.45) is 5.37. The number of hydrogen-bond donors (Lipinski definition) is 1. The third kappa shape index (κ3) is 3.96. The second kappa shape index (κ2) is 8.46. The molecule has 0 saturated heterocycles. The predicted molar refractivity (Wildman–Crippen MR) is 123 cm³/mol. The molecular weight excluding hydrogens is 406 g/mol. The molecule has 1 aromatic heterocycles. The second-order valence-electron chi connectivity index (χ2n) is 8.21. The summed E-state index contributed by atoms with van der Waals surface area (Å²) in [6.45, 7) is 0. The summed E-state index contributed by atoms with van der Waals surface area (Å²) in [5.41, 5.74) is 3.46. The van der Waals surface area contributed by atoms with Crippen LogP contribution in [-0.2, 0) is 12.8 Å². The van der Waals surface area contributed by atoms with Crippen LogP contribution in [0, 0.1) is 11.6 Å². The molecule has 1 aliphatic carbocycles. The Kier molecular flexibility index (Phi) is 5.36. The van der Waals surface area contributed by atoms with Crippen LogP contribution in [0.4, 0.5) is 8.78 Å². The maximum Gasteiger partial charge on any atom is 0.153 e. The van der Waals surface area contributed by atoms with E-state index in [0.29, 0.717) is 0 Å². The van der Waals surface area contributed by atoms with E-state index >= 15 is 0 Å². The number of benzene rings is 4. The first-order valence-electron chi connectivity index (χ1n) is 10.7. The lowest BCUT2D eigenvalue weighted by Gasteiger charge is -2.26. The van der Waals surface area contributed by atoms with Gasteiger partial charge in [-0.2, -0.15) is 0 Å². The van der Waals surface area contributed by atoms with Gasteiger partial charge in [-0.15, -0.1) is 0 Å². The molecule has 1 N–H and O–H groups in total. The normalized spacial score (nSPS) is 15.2. The van der Waals surface area contributed by atoms with Gasteiger partial charge in [-0.3, -0.25) is 0 Å². The molecule has 1 unspecified atom stereocenters. The van der Waals surface area contributed by atoms with Gasteiger partial charge >= 0.3 is 0 Å². The van der Waals surface area contributed by atoms with Crippen LogP contribution >= 0.6 is 0 Å². The number of furan rings is 1. The maximum absolute atomic E-state index is 13.7. The Morgan fingerprint density at radius 1 is 0.812 bits per heavy atom. The van der Waals surface area contributed by atoms with Gasteiger partial charge in [0.25, 0.3) is 0 Å². The topological polar surface area (TPSA) is 33.4 Å². The Morgan fingerprint density at radius 3 is 2.31 bits per heavy atom. The molecule has 1 aliphatic rings. The highest BCUT2D eigenvalue weighted by atomic mass is 19.1. The smallest absolute Gasteiger partial charge is 0.153 e. The molecule has 0 spiro atoms. The van der Waals surface area contributed by atoms with Crippen molar-refractivity contribution >= 4 is 21.5 Å². The lowest BCUT2D eigenvalue weighted by molar-refractivity contribution is 0.458. The Labute approximate surface area is 184 Å². The van der Waals surface area contributed by atoms with Crippen LogP contribution in [-0.4, -0.2) is 5.11 Å². The molecular formula is C28H22F2O2. The van der Waals surface area contributed by atoms with E-state index in [1.165, 1.54) is 63.4 Å². The number of aryl methyl sites for hydroxylation is 1. The zero-order valence-electron chi connectivity index (χ0n) is 17.4. The van der Waals surface area contributed by atoms with Crippen LogP contribution in [0.15, 0.2) is 89.7 Å². The Bertz CT molecular complexity index is 1370. The van der Waals surface area contributed by atoms with E-state index in [2.05, 4.69) is 52.9 Å². The Balaban J connectivity index is 0.000000314. The van der Waals surface area contributed by atoms with Crippen molar-refractivity contribution < 1.29 is 18.3 Å². The second-order valence-corrected chi connectivity index (χ2v) is 8.21. The third-order valence-electron chi connectivity index (χ3n) is 6.21. The van der Waals surface area contributed by atoms with Crippen molar-refractivity contribution in [1.82, 2.24) is 0 Å². The number of halogens is 2. The van der Waals surface area contributed by atoms with E-state index in [-0.39, 0.29) is 11.7 Å². The molecule has 160 valence electrons. The highest BCUT2D eigenvalue weighted by Gasteiger charge is 2.23. The molecule has 0 aliphatic heterocycles. The summed E-state index contributed by atoms with van der Waals surface area (Å²) in [5, 5.41) is 13.4. The molecule has 5 aromatic rings. The first-order chi connectivity index (χ1) is 15.6. The van der Waals surface area contributed by atoms with Crippen LogP contribution in [0.3, 0.4) is 0 Å². The molecule has 0 saturated carbocycles. The fraction of sp³-hybridized carbons (Fsp3) is 0.143. The van der Waals surface area contributed by atoms with Crippen molar-refractivity contribution in [2.45, 2.75) is 25.2 Å². The van der Waals surface area contributed by atoms with Crippen molar-refractivity contribution in [3.05, 3.63) is 114 Å². The monoisotopic (exact) mass is 428 g/mol. The lowest BCUT2D eigenvalue weighted by Crippen LogP contribution is -2.13. The van der Waals surface area contributed by atoms with E-state index < -0.39 is 11.6 Å². The summed E-state index contributed by atoms with van der Waals surface area (Å²) in [6, 6.07) is 22.6. The van der Waals surface area contributed by atoms with Crippen LogP contribution < -0.4 is 0 Å². The minimum absolute atomic E-state index is 0.157. The predicted octanol–water partition coefficient (Wildman–Crippen LogP) is 7.53. The Hall–Kier alpha value is -3.66. The minimum atomic E-state index is -0.491. The summed E-state index contributed by atoms with van der Waals surface area (Å²) in [5.74, 6) is -0.649. The Morgan fingerprint density at radius 2 is 1.59 bits per heavy atom. The van der Waals surface area contributed by atoms with Crippen molar-refractivity contribution in [3.63, 3.8) is 0 Å². The molecule has 32 heavy (non-hydrogen) atoms. The fourth-order valence-corrected chi connectivity index (χ4v) is 4.70. The van der Waals surface area contributed by atoms with Crippen LogP contribution in [0.5, 0.6) is 5.75 Å². The zero-order valence-corrected chi connectivity index (χ0v) is 17.4. The van der Waals surface area contributed by atoms with E-state index in [1.54, 1.807) is 0 Å². The summed E-state index contributed by atoms with van der Waals surface area (Å²) >= 11 is 0. The molecule has 0 fully saturated rings. The largest absolute Gasteiger partial charge is 0.505 e. The third-order valence-corrected chi connectivity index (χ3v) is 6.21. The highest BCUT2D eigenvalue weighted by molar-refractivity contribution is 6.08. The molecule has 0 amide bonds. The van der Waals surface area contributed by atoms with E-state index in [9.17, 15) is 8.78 Å². The average molecular weight is 428 g/mol. The maximum atomic E-state index is 13.7. The van der Waals surface area contributed by atoms with Crippen molar-refractivity contribution in [2.24, 2.45) is 0 Å². The van der Waals surface area contributed by atoms with Gasteiger partial charge in [0, 0.05) is 12.1 Å². The SMILES string of the molecule is Fc1cc(F)cc(C2CCc3ccc4c(ccc5ccccc54)c3C2)c1.Oc1ccoc1. The number of hydrogen-bond acceptors (Lipinski definition) is 2. The van der Waals surface area contributed by atoms with Crippen molar-refractivity contribution in [2.75, 3.05) is 0 Å². The number of aromatic hydroxyl groups is 1. The lowest BCUT2D eigenvalue weighted by atomic mass is 9.78. The van der Waals surface area contributed by atoms with E-state index in [0.717, 1.165) is 30.9 Å². The highest BCUT2D eigenvalue weighted by Crippen LogP contribution is 2.38. The standard InChI is InChI=1S/C24H18F2.C4H4O2/c25-19-11-18(12-20(26)14-19)17-6-5-16-8-9-22-21-4-2-1-3-15(21)7-10-23(22)24(16)13-17;5-4-1-2-6-3-4/h1-4,7-12,14,17H,5-6,13H2;1-3,5H. The first-order valence-corrected chi connectivity index (χ1v) is 10.7. The summed E-state index contributed by atoms with van der Waals surface area (Å²) in [4.78, 5) is 0. The zero-order chi connectivity index (χ0) is 22.1. The summed E-state index contributed by atoms with van der Waals surface area (Å²) < 4.78 is 31.8. The quantitative estimate of drug-likeness (QED) is 0.280. The molecule has 4 heteroatoms. The van der Waals surface area contributed by atoms with Crippen molar-refractivity contribution in [3.8, 4) is 5.75 Å². The molecule has 1 heterocycles. The first kappa shape index (κ1) is 20.3. The fourth-order valence-electron chi connectivity index (χ4n) is 4.70. The molecule has 4 aromatic carbocycles. The van der Waals surface area contributed by atoms with Crippen LogP contribution in [0.2, 0.25) is 0 Å². The van der Waals surface area contributed by atoms with Gasteiger partial charge in [0.1, 0.15) is 17.9 Å². The van der Waals surface area contributed by atoms with Gasteiger partial charge in [0.05, 0.1) is 6.26 Å². The van der Waals surface area contributed by atoms with E-state index in [1.807, 2.05) is 0 Å².